The Morgan fingerprint density at radius 2 is 1.80 bits per heavy atom. The van der Waals surface area contributed by atoms with Crippen LogP contribution in [-0.4, -0.2) is 28.2 Å². The second kappa shape index (κ2) is 4.02. The number of nitrogens with one attached hydrogen (secondary N) is 1. The molecule has 1 N–H and O–H groups in total. The van der Waals surface area contributed by atoms with Crippen LogP contribution >= 0.6 is 0 Å². The molecule has 0 saturated carbocycles. The van der Waals surface area contributed by atoms with Crippen molar-refractivity contribution in [1.82, 2.24) is 4.72 Å². The molecule has 0 aliphatic carbocycles. The van der Waals surface area contributed by atoms with Gasteiger partial charge in [0.05, 0.1) is 24.7 Å². The number of rotatable bonds is 0. The quantitative estimate of drug-likeness (QED) is 0.795. The fourth-order valence-electron chi connectivity index (χ4n) is 2.90. The molecule has 0 radical (unpaired) electrons. The van der Waals surface area contributed by atoms with Gasteiger partial charge in [0.1, 0.15) is 0 Å². The maximum atomic E-state index is 12.4. The highest BCUT2D eigenvalue weighted by Crippen LogP contribution is 2.41. The summed E-state index contributed by atoms with van der Waals surface area (Å²) in [6.07, 6.45) is 0. The van der Waals surface area contributed by atoms with E-state index in [1.54, 1.807) is 12.1 Å². The van der Waals surface area contributed by atoms with E-state index in [-0.39, 0.29) is 11.4 Å². The third kappa shape index (κ3) is 1.56. The van der Waals surface area contributed by atoms with E-state index in [0.29, 0.717) is 24.2 Å². The highest BCUT2D eigenvalue weighted by molar-refractivity contribution is 7.89. The molecule has 4 rings (SSSR count). The van der Waals surface area contributed by atoms with E-state index in [0.717, 1.165) is 5.39 Å². The smallest absolute Gasteiger partial charge is 0.241 e. The minimum Gasteiger partial charge on any atom is -0.342 e. The molecule has 0 aromatic heterocycles. The van der Waals surface area contributed by atoms with Crippen molar-refractivity contribution in [2.75, 3.05) is 19.8 Å². The fraction of sp³-hybridized carbons (Fsp3) is 0.286. The van der Waals surface area contributed by atoms with Gasteiger partial charge >= 0.3 is 0 Å². The van der Waals surface area contributed by atoms with Crippen molar-refractivity contribution in [3.05, 3.63) is 42.0 Å². The lowest BCUT2D eigenvalue weighted by atomic mass is 10.0. The van der Waals surface area contributed by atoms with Crippen LogP contribution in [0.4, 0.5) is 0 Å². The number of hydrogen-bond acceptors (Lipinski definition) is 4. The molecule has 0 amide bonds. The van der Waals surface area contributed by atoms with E-state index in [2.05, 4.69) is 4.72 Å². The van der Waals surface area contributed by atoms with Crippen molar-refractivity contribution in [1.29, 1.82) is 0 Å². The Morgan fingerprint density at radius 1 is 1.05 bits per heavy atom. The van der Waals surface area contributed by atoms with Crippen molar-refractivity contribution in [3.63, 3.8) is 0 Å². The summed E-state index contributed by atoms with van der Waals surface area (Å²) in [5.74, 6) is -0.981. The average Bonchev–Trinajstić information content (AvgIpc) is 2.93. The monoisotopic (exact) mass is 291 g/mol. The largest absolute Gasteiger partial charge is 0.342 e. The van der Waals surface area contributed by atoms with Crippen LogP contribution in [0, 0.1) is 0 Å². The molecule has 1 saturated heterocycles. The van der Waals surface area contributed by atoms with Gasteiger partial charge in [0, 0.05) is 10.9 Å². The first-order chi connectivity index (χ1) is 9.62. The highest BCUT2D eigenvalue weighted by Gasteiger charge is 2.47. The van der Waals surface area contributed by atoms with Crippen molar-refractivity contribution in [3.8, 4) is 0 Å². The Kier molecular flexibility index (Phi) is 2.47. The van der Waals surface area contributed by atoms with Gasteiger partial charge in [-0.15, -0.1) is 0 Å². The van der Waals surface area contributed by atoms with Gasteiger partial charge in [0.15, 0.2) is 0 Å². The lowest BCUT2D eigenvalue weighted by Gasteiger charge is -2.34. The second-order valence-electron chi connectivity index (χ2n) is 4.94. The third-order valence-electron chi connectivity index (χ3n) is 3.81. The summed E-state index contributed by atoms with van der Waals surface area (Å²) < 4.78 is 38.8. The molecule has 0 atom stereocenters. The van der Waals surface area contributed by atoms with Crippen LogP contribution in [0.15, 0.2) is 41.3 Å². The minimum atomic E-state index is -3.54. The Hall–Kier alpha value is -1.47. The summed E-state index contributed by atoms with van der Waals surface area (Å²) in [7, 11) is -3.54. The maximum absolute atomic E-state index is 12.4. The molecule has 0 bridgehead atoms. The van der Waals surface area contributed by atoms with Crippen molar-refractivity contribution in [2.45, 2.75) is 10.7 Å². The topological polar surface area (TPSA) is 64.6 Å². The van der Waals surface area contributed by atoms with Gasteiger partial charge < -0.3 is 9.47 Å². The highest BCUT2D eigenvalue weighted by atomic mass is 32.2. The molecular weight excluding hydrogens is 278 g/mol. The Bertz CT molecular complexity index is 794. The summed E-state index contributed by atoms with van der Waals surface area (Å²) in [6, 6.07) is 11.1. The van der Waals surface area contributed by atoms with Crippen LogP contribution in [0.3, 0.4) is 0 Å². The maximum Gasteiger partial charge on any atom is 0.241 e. The van der Waals surface area contributed by atoms with Gasteiger partial charge in [-0.1, -0.05) is 36.4 Å². The van der Waals surface area contributed by atoms with Gasteiger partial charge in [-0.05, 0) is 5.39 Å². The fourth-order valence-corrected chi connectivity index (χ4v) is 4.42. The number of benzene rings is 2. The van der Waals surface area contributed by atoms with Gasteiger partial charge in [-0.25, -0.2) is 13.1 Å². The van der Waals surface area contributed by atoms with Crippen LogP contribution in [-0.2, 0) is 25.3 Å². The van der Waals surface area contributed by atoms with Crippen LogP contribution in [0.2, 0.25) is 0 Å². The zero-order chi connectivity index (χ0) is 13.8. The molecule has 1 fully saturated rings. The first-order valence-electron chi connectivity index (χ1n) is 6.42. The zero-order valence-corrected chi connectivity index (χ0v) is 11.4. The molecule has 2 heterocycles. The standard InChI is InChI=1S/C14H13NO4S/c16-20(17)13-11-4-2-1-3-10(11)5-6-12(13)14(9-15-20)18-7-8-19-14/h1-6,15H,7-9H2. The minimum absolute atomic E-state index is 0.112. The van der Waals surface area contributed by atoms with E-state index >= 15 is 0 Å². The van der Waals surface area contributed by atoms with Gasteiger partial charge in [0.25, 0.3) is 0 Å². The van der Waals surface area contributed by atoms with Crippen LogP contribution < -0.4 is 4.72 Å². The molecule has 6 heteroatoms. The van der Waals surface area contributed by atoms with Crippen LogP contribution in [0.5, 0.6) is 0 Å². The molecule has 2 aliphatic heterocycles. The SMILES string of the molecule is O=S1(=O)NCC2(OCCO2)c2ccc3ccccc3c21. The lowest BCUT2D eigenvalue weighted by molar-refractivity contribution is -0.162. The number of sulfonamides is 1. The van der Waals surface area contributed by atoms with Crippen molar-refractivity contribution >= 4 is 20.8 Å². The molecular formula is C14H13NO4S. The van der Waals surface area contributed by atoms with Crippen LogP contribution in [0.1, 0.15) is 5.56 Å². The first-order valence-corrected chi connectivity index (χ1v) is 7.91. The molecule has 2 aliphatic rings. The molecule has 20 heavy (non-hydrogen) atoms. The predicted octanol–water partition coefficient (Wildman–Crippen LogP) is 1.33. The Balaban J connectivity index is 2.11. The van der Waals surface area contributed by atoms with Gasteiger partial charge in [0.2, 0.25) is 15.8 Å². The Morgan fingerprint density at radius 3 is 2.60 bits per heavy atom. The zero-order valence-electron chi connectivity index (χ0n) is 10.6. The van der Waals surface area contributed by atoms with E-state index in [1.807, 2.05) is 24.3 Å². The second-order valence-corrected chi connectivity index (χ2v) is 6.64. The molecule has 0 unspecified atom stereocenters. The van der Waals surface area contributed by atoms with Crippen LogP contribution in [0.25, 0.3) is 10.8 Å². The van der Waals surface area contributed by atoms with Gasteiger partial charge in [-0.2, -0.15) is 0 Å². The average molecular weight is 291 g/mol. The lowest BCUT2D eigenvalue weighted by Crippen LogP contribution is -2.47. The summed E-state index contributed by atoms with van der Waals surface area (Å²) in [6.45, 7) is 1.04. The predicted molar refractivity (Wildman–Crippen MR) is 72.7 cm³/mol. The van der Waals surface area contributed by atoms with Gasteiger partial charge in [-0.3, -0.25) is 0 Å². The summed E-state index contributed by atoms with van der Waals surface area (Å²) in [4.78, 5) is 0.267. The number of hydrogen-bond donors (Lipinski definition) is 1. The number of ether oxygens (including phenoxy) is 2. The van der Waals surface area contributed by atoms with Crippen molar-refractivity contribution in [2.24, 2.45) is 0 Å². The summed E-state index contributed by atoms with van der Waals surface area (Å²) in [5, 5.41) is 1.57. The summed E-state index contributed by atoms with van der Waals surface area (Å²) in [5.41, 5.74) is 0.590. The van der Waals surface area contributed by atoms with E-state index in [4.69, 9.17) is 9.47 Å². The molecule has 1 spiro atoms. The van der Waals surface area contributed by atoms with E-state index in [1.165, 1.54) is 0 Å². The molecule has 2 aromatic rings. The Labute approximate surface area is 116 Å². The molecule has 104 valence electrons. The third-order valence-corrected chi connectivity index (χ3v) is 5.31. The summed E-state index contributed by atoms with van der Waals surface area (Å²) >= 11 is 0. The first kappa shape index (κ1) is 12.3. The molecule has 2 aromatic carbocycles. The van der Waals surface area contributed by atoms with Crippen molar-refractivity contribution < 1.29 is 17.9 Å². The molecule has 5 nitrogen and oxygen atoms in total. The number of fused-ring (bicyclic) bond motifs is 4. The normalized spacial score (nSPS) is 23.0. The van der Waals surface area contributed by atoms with E-state index in [9.17, 15) is 8.42 Å². The van der Waals surface area contributed by atoms with E-state index < -0.39 is 15.8 Å².